The molecule has 0 aromatic heterocycles. The topological polar surface area (TPSA) is 61.8 Å². The summed E-state index contributed by atoms with van der Waals surface area (Å²) in [6, 6.07) is 0.569. The van der Waals surface area contributed by atoms with Crippen LogP contribution in [0.2, 0.25) is 0 Å². The lowest BCUT2D eigenvalue weighted by Crippen LogP contribution is -2.75. The first-order chi connectivity index (χ1) is 10.0. The van der Waals surface area contributed by atoms with Gasteiger partial charge < -0.3 is 20.1 Å². The number of nitrogens with zero attached hydrogens (tertiary/aromatic N) is 1. The molecule has 1 amide bonds. The van der Waals surface area contributed by atoms with Gasteiger partial charge in [-0.15, -0.1) is 0 Å². The Morgan fingerprint density at radius 1 is 1.45 bits per heavy atom. The smallest absolute Gasteiger partial charge is 0.410 e. The van der Waals surface area contributed by atoms with Crippen molar-refractivity contribution in [1.29, 1.82) is 0 Å². The second-order valence-corrected chi connectivity index (χ2v) is 8.48. The zero-order valence-corrected chi connectivity index (χ0v) is 14.8. The molecule has 1 saturated heterocycles. The van der Waals surface area contributed by atoms with Gasteiger partial charge in [0, 0.05) is 30.6 Å². The van der Waals surface area contributed by atoms with E-state index in [1.54, 1.807) is 6.92 Å². The number of carbonyl (C=O) groups excluding carboxylic acids is 1. The van der Waals surface area contributed by atoms with Crippen molar-refractivity contribution in [2.24, 2.45) is 11.3 Å². The number of aliphatic hydroxyl groups is 1. The third-order valence-electron chi connectivity index (χ3n) is 4.93. The van der Waals surface area contributed by atoms with E-state index in [1.807, 2.05) is 25.7 Å². The van der Waals surface area contributed by atoms with Crippen LogP contribution in [0.5, 0.6) is 0 Å². The average molecular weight is 312 g/mol. The highest BCUT2D eigenvalue weighted by Gasteiger charge is 2.60. The molecule has 1 saturated carbocycles. The van der Waals surface area contributed by atoms with Crippen molar-refractivity contribution < 1.29 is 14.6 Å². The van der Waals surface area contributed by atoms with Crippen LogP contribution in [0.1, 0.15) is 54.4 Å². The molecule has 0 spiro atoms. The van der Waals surface area contributed by atoms with E-state index in [9.17, 15) is 9.90 Å². The van der Waals surface area contributed by atoms with Crippen LogP contribution in [0.3, 0.4) is 0 Å². The summed E-state index contributed by atoms with van der Waals surface area (Å²) in [4.78, 5) is 14.4. The van der Waals surface area contributed by atoms with Crippen LogP contribution in [0, 0.1) is 11.3 Å². The van der Waals surface area contributed by atoms with Crippen LogP contribution in [-0.2, 0) is 4.74 Å². The van der Waals surface area contributed by atoms with Crippen LogP contribution in [0.25, 0.3) is 0 Å². The van der Waals surface area contributed by atoms with E-state index in [4.69, 9.17) is 4.74 Å². The fourth-order valence-corrected chi connectivity index (χ4v) is 4.18. The van der Waals surface area contributed by atoms with Crippen molar-refractivity contribution in [3.8, 4) is 0 Å². The Hall–Kier alpha value is -0.810. The third kappa shape index (κ3) is 3.40. The molecule has 2 unspecified atom stereocenters. The van der Waals surface area contributed by atoms with Crippen molar-refractivity contribution >= 4 is 6.09 Å². The quantitative estimate of drug-likeness (QED) is 0.840. The highest BCUT2D eigenvalue weighted by molar-refractivity contribution is 5.69. The zero-order valence-electron chi connectivity index (χ0n) is 14.8. The van der Waals surface area contributed by atoms with Gasteiger partial charge in [0.2, 0.25) is 0 Å². The van der Waals surface area contributed by atoms with E-state index in [-0.39, 0.29) is 23.7 Å². The molecule has 1 aliphatic heterocycles. The molecule has 2 rings (SSSR count). The van der Waals surface area contributed by atoms with E-state index < -0.39 is 5.60 Å². The summed E-state index contributed by atoms with van der Waals surface area (Å²) in [6.45, 7) is 13.3. The van der Waals surface area contributed by atoms with E-state index in [0.29, 0.717) is 18.5 Å². The summed E-state index contributed by atoms with van der Waals surface area (Å²) < 4.78 is 5.58. The van der Waals surface area contributed by atoms with Gasteiger partial charge in [0.25, 0.3) is 0 Å². The SMILES string of the molecule is CC(O)CNC1[C@@H]2CCCN(C(=O)OC(C)(C)C)[C@@H]2C1(C)C. The van der Waals surface area contributed by atoms with Crippen molar-refractivity contribution in [3.05, 3.63) is 0 Å². The molecule has 2 aliphatic rings. The molecule has 1 aliphatic carbocycles. The lowest BCUT2D eigenvalue weighted by Gasteiger charge is -2.64. The van der Waals surface area contributed by atoms with Gasteiger partial charge in [0.15, 0.2) is 0 Å². The highest BCUT2D eigenvalue weighted by Crippen LogP contribution is 2.52. The van der Waals surface area contributed by atoms with Crippen molar-refractivity contribution in [3.63, 3.8) is 0 Å². The molecule has 5 nitrogen and oxygen atoms in total. The lowest BCUT2D eigenvalue weighted by molar-refractivity contribution is -0.120. The Kier molecular flexibility index (Phi) is 4.79. The summed E-state index contributed by atoms with van der Waals surface area (Å²) in [6.07, 6.45) is 1.61. The number of fused-ring (bicyclic) bond motifs is 1. The second-order valence-electron chi connectivity index (χ2n) is 8.48. The fraction of sp³-hybridized carbons (Fsp3) is 0.941. The number of likely N-dealkylation sites (tertiary alicyclic amines) is 1. The minimum absolute atomic E-state index is 0.00309. The predicted molar refractivity (Wildman–Crippen MR) is 86.7 cm³/mol. The van der Waals surface area contributed by atoms with Gasteiger partial charge in [-0.3, -0.25) is 0 Å². The highest BCUT2D eigenvalue weighted by atomic mass is 16.6. The first-order valence-corrected chi connectivity index (χ1v) is 8.45. The molecule has 0 aromatic rings. The van der Waals surface area contributed by atoms with Gasteiger partial charge >= 0.3 is 6.09 Å². The molecule has 22 heavy (non-hydrogen) atoms. The zero-order chi connectivity index (χ0) is 16.7. The average Bonchev–Trinajstić information content (AvgIpc) is 2.35. The number of carbonyl (C=O) groups is 1. The molecule has 4 atom stereocenters. The van der Waals surface area contributed by atoms with Gasteiger partial charge in [0.1, 0.15) is 5.60 Å². The Morgan fingerprint density at radius 2 is 2.09 bits per heavy atom. The minimum Gasteiger partial charge on any atom is -0.444 e. The molecule has 1 heterocycles. The number of nitrogens with one attached hydrogen (secondary N) is 1. The van der Waals surface area contributed by atoms with E-state index >= 15 is 0 Å². The number of hydrogen-bond acceptors (Lipinski definition) is 4. The normalized spacial score (nSPS) is 32.0. The molecule has 0 bridgehead atoms. The largest absolute Gasteiger partial charge is 0.444 e. The number of aliphatic hydroxyl groups excluding tert-OH is 1. The van der Waals surface area contributed by atoms with Crippen LogP contribution in [0.4, 0.5) is 4.79 Å². The molecule has 5 heteroatoms. The Bertz CT molecular complexity index is 415. The van der Waals surface area contributed by atoms with E-state index in [1.165, 1.54) is 0 Å². The van der Waals surface area contributed by atoms with Crippen LogP contribution < -0.4 is 5.32 Å². The van der Waals surface area contributed by atoms with Crippen molar-refractivity contribution in [2.75, 3.05) is 13.1 Å². The first kappa shape index (κ1) is 17.5. The standard InChI is InChI=1S/C17H32N2O3/c1-11(20)10-18-13-12-8-7-9-19(14(12)17(13,5)6)15(21)22-16(2,3)4/h11-14,18,20H,7-10H2,1-6H3/t11?,12-,13?,14-/m0/s1. The molecule has 0 radical (unpaired) electrons. The van der Waals surface area contributed by atoms with E-state index in [0.717, 1.165) is 19.4 Å². The van der Waals surface area contributed by atoms with Crippen molar-refractivity contribution in [2.45, 2.75) is 78.2 Å². The second kappa shape index (κ2) is 6.00. The first-order valence-electron chi connectivity index (χ1n) is 8.45. The van der Waals surface area contributed by atoms with Crippen LogP contribution in [0.15, 0.2) is 0 Å². The maximum atomic E-state index is 12.5. The summed E-state index contributed by atoms with van der Waals surface area (Å²) in [5, 5.41) is 13.0. The van der Waals surface area contributed by atoms with Gasteiger partial charge in [-0.25, -0.2) is 4.79 Å². The van der Waals surface area contributed by atoms with Gasteiger partial charge in [-0.1, -0.05) is 13.8 Å². The summed E-state index contributed by atoms with van der Waals surface area (Å²) in [7, 11) is 0. The summed E-state index contributed by atoms with van der Waals surface area (Å²) in [5.41, 5.74) is -0.460. The molecular weight excluding hydrogens is 280 g/mol. The molecule has 2 N–H and O–H groups in total. The Balaban J connectivity index is 2.07. The van der Waals surface area contributed by atoms with Crippen LogP contribution in [-0.4, -0.2) is 53.0 Å². The fourth-order valence-electron chi connectivity index (χ4n) is 4.18. The lowest BCUT2D eigenvalue weighted by atomic mass is 9.52. The number of rotatable bonds is 3. The van der Waals surface area contributed by atoms with Gasteiger partial charge in [-0.05, 0) is 46.5 Å². The Labute approximate surface area is 134 Å². The van der Waals surface area contributed by atoms with Gasteiger partial charge in [-0.2, -0.15) is 0 Å². The minimum atomic E-state index is -0.456. The number of piperidine rings is 1. The predicted octanol–water partition coefficient (Wildman–Crippen LogP) is 2.38. The number of ether oxygens (including phenoxy) is 1. The maximum absolute atomic E-state index is 12.5. The maximum Gasteiger partial charge on any atom is 0.410 e. The molecule has 128 valence electrons. The van der Waals surface area contributed by atoms with E-state index in [2.05, 4.69) is 19.2 Å². The van der Waals surface area contributed by atoms with Gasteiger partial charge in [0.05, 0.1) is 6.10 Å². The van der Waals surface area contributed by atoms with Crippen LogP contribution >= 0.6 is 0 Å². The molecular formula is C17H32N2O3. The van der Waals surface area contributed by atoms with Crippen molar-refractivity contribution in [1.82, 2.24) is 10.2 Å². The number of hydrogen-bond donors (Lipinski definition) is 2. The molecule has 0 aromatic carbocycles. The third-order valence-corrected chi connectivity index (χ3v) is 4.93. The summed E-state index contributed by atoms with van der Waals surface area (Å²) >= 11 is 0. The Morgan fingerprint density at radius 3 is 2.64 bits per heavy atom. The summed E-state index contributed by atoms with van der Waals surface area (Å²) in [5.74, 6) is 0.454. The monoisotopic (exact) mass is 312 g/mol. The molecule has 2 fully saturated rings. The number of amides is 1.